The van der Waals surface area contributed by atoms with Crippen LogP contribution in [-0.4, -0.2) is 11.6 Å². The number of benzene rings is 6. The van der Waals surface area contributed by atoms with Gasteiger partial charge >= 0.3 is 0 Å². The SMILES string of the molecule is CN(C1=CC2=C(CC1)c1ccc(-n3c4ccccc4c4ccccc43)cc1C21c2ccccc2-c2ccccc21)c1ccccc1. The third kappa shape index (κ3) is 3.26. The van der Waals surface area contributed by atoms with Gasteiger partial charge in [-0.3, -0.25) is 0 Å². The minimum Gasteiger partial charge on any atom is -0.348 e. The molecule has 1 heterocycles. The highest BCUT2D eigenvalue weighted by Crippen LogP contribution is 2.64. The summed E-state index contributed by atoms with van der Waals surface area (Å²) in [5, 5.41) is 2.58. The van der Waals surface area contributed by atoms with Gasteiger partial charge in [-0.2, -0.15) is 0 Å². The van der Waals surface area contributed by atoms with E-state index >= 15 is 0 Å². The number of nitrogens with zero attached hydrogens (tertiary/aromatic N) is 2. The Balaban J connectivity index is 1.27. The molecule has 1 aromatic heterocycles. The summed E-state index contributed by atoms with van der Waals surface area (Å²) in [5.41, 5.74) is 17.1. The van der Waals surface area contributed by atoms with Crippen LogP contribution in [0.25, 0.3) is 44.2 Å². The number of hydrogen-bond acceptors (Lipinski definition) is 1. The van der Waals surface area contributed by atoms with E-state index in [1.54, 1.807) is 0 Å². The van der Waals surface area contributed by atoms with Crippen LogP contribution in [0, 0.1) is 0 Å². The lowest BCUT2D eigenvalue weighted by atomic mass is 9.68. The summed E-state index contributed by atoms with van der Waals surface area (Å²) in [6.45, 7) is 0. The molecule has 0 saturated heterocycles. The van der Waals surface area contributed by atoms with Gasteiger partial charge in [0.25, 0.3) is 0 Å². The largest absolute Gasteiger partial charge is 0.348 e. The molecule has 2 nitrogen and oxygen atoms in total. The predicted octanol–water partition coefficient (Wildman–Crippen LogP) is 10.7. The predicted molar refractivity (Wildman–Crippen MR) is 192 cm³/mol. The van der Waals surface area contributed by atoms with E-state index in [1.165, 1.54) is 83.4 Å². The average molecular weight is 589 g/mol. The smallest absolute Gasteiger partial charge is 0.0723 e. The average Bonchev–Trinajstić information content (AvgIpc) is 3.73. The third-order valence-corrected chi connectivity index (χ3v) is 10.8. The van der Waals surface area contributed by atoms with E-state index in [1.807, 2.05) is 0 Å². The van der Waals surface area contributed by atoms with E-state index in [9.17, 15) is 0 Å². The van der Waals surface area contributed by atoms with E-state index in [-0.39, 0.29) is 5.41 Å². The Morgan fingerprint density at radius 2 is 1.13 bits per heavy atom. The van der Waals surface area contributed by atoms with Gasteiger partial charge in [0.05, 0.1) is 16.4 Å². The van der Waals surface area contributed by atoms with Crippen molar-refractivity contribution >= 4 is 33.1 Å². The second-order valence-corrected chi connectivity index (χ2v) is 12.9. The van der Waals surface area contributed by atoms with Gasteiger partial charge in [0.15, 0.2) is 0 Å². The van der Waals surface area contributed by atoms with E-state index in [2.05, 4.69) is 168 Å². The Kier molecular flexibility index (Phi) is 5.28. The van der Waals surface area contributed by atoms with Gasteiger partial charge in [-0.15, -0.1) is 0 Å². The Bertz CT molecular complexity index is 2340. The van der Waals surface area contributed by atoms with Gasteiger partial charge in [-0.25, -0.2) is 0 Å². The number of fused-ring (bicyclic) bond motifs is 12. The van der Waals surface area contributed by atoms with Gasteiger partial charge in [0.2, 0.25) is 0 Å². The minimum absolute atomic E-state index is 0.379. The van der Waals surface area contributed by atoms with Crippen molar-refractivity contribution < 1.29 is 0 Å². The van der Waals surface area contributed by atoms with Gasteiger partial charge in [0.1, 0.15) is 0 Å². The summed E-state index contributed by atoms with van der Waals surface area (Å²) in [6.07, 6.45) is 4.56. The molecule has 0 bridgehead atoms. The van der Waals surface area contributed by atoms with Crippen molar-refractivity contribution in [1.29, 1.82) is 0 Å². The first-order valence-corrected chi connectivity index (χ1v) is 16.3. The van der Waals surface area contributed by atoms with Gasteiger partial charge in [-0.1, -0.05) is 109 Å². The fourth-order valence-electron chi connectivity index (χ4n) is 8.82. The van der Waals surface area contributed by atoms with Crippen LogP contribution in [0.3, 0.4) is 0 Å². The second kappa shape index (κ2) is 9.45. The molecule has 3 aliphatic carbocycles. The molecule has 0 unspecified atom stereocenters. The standard InChI is InChI=1S/C44H32N2/c1-45(29-13-3-2-4-14-29)30-23-25-34-35-26-24-31(46-42-21-11-7-17-36(42)37-18-8-12-22-43(37)46)28-41(35)44(40(34)27-30)38-19-9-5-15-32(38)33-16-6-10-20-39(33)44/h2-22,24,26-28H,23,25H2,1H3. The normalized spacial score (nSPS) is 15.5. The summed E-state index contributed by atoms with van der Waals surface area (Å²) in [6, 6.07) is 53.9. The zero-order valence-electron chi connectivity index (χ0n) is 25.7. The van der Waals surface area contributed by atoms with Crippen LogP contribution in [0.4, 0.5) is 5.69 Å². The van der Waals surface area contributed by atoms with Crippen molar-refractivity contribution in [2.24, 2.45) is 0 Å². The van der Waals surface area contributed by atoms with Crippen LogP contribution in [0.15, 0.2) is 163 Å². The van der Waals surface area contributed by atoms with Crippen LogP contribution in [0.2, 0.25) is 0 Å². The Labute approximate surface area is 269 Å². The summed E-state index contributed by atoms with van der Waals surface area (Å²) in [4.78, 5) is 2.39. The molecule has 0 radical (unpaired) electrons. The molecule has 0 fully saturated rings. The van der Waals surface area contributed by atoms with Crippen molar-refractivity contribution in [1.82, 2.24) is 4.57 Å². The molecule has 7 aromatic rings. The number of aromatic nitrogens is 1. The van der Waals surface area contributed by atoms with Crippen molar-refractivity contribution in [2.45, 2.75) is 18.3 Å². The molecule has 218 valence electrons. The molecule has 6 aromatic carbocycles. The quantitative estimate of drug-likeness (QED) is 0.199. The third-order valence-electron chi connectivity index (χ3n) is 10.8. The summed E-state index contributed by atoms with van der Waals surface area (Å²) in [5.74, 6) is 0. The van der Waals surface area contributed by atoms with Crippen LogP contribution in [-0.2, 0) is 5.41 Å². The van der Waals surface area contributed by atoms with Crippen molar-refractivity contribution in [2.75, 3.05) is 11.9 Å². The lowest BCUT2D eigenvalue weighted by molar-refractivity contribution is 0.770. The lowest BCUT2D eigenvalue weighted by Gasteiger charge is -2.34. The molecule has 46 heavy (non-hydrogen) atoms. The number of para-hydroxylation sites is 3. The first-order valence-electron chi connectivity index (χ1n) is 16.3. The molecule has 0 saturated carbocycles. The van der Waals surface area contributed by atoms with Crippen molar-refractivity contribution in [3.05, 3.63) is 185 Å². The Morgan fingerprint density at radius 1 is 0.543 bits per heavy atom. The van der Waals surface area contributed by atoms with Crippen molar-refractivity contribution in [3.63, 3.8) is 0 Å². The molecule has 1 spiro atoms. The zero-order chi connectivity index (χ0) is 30.4. The monoisotopic (exact) mass is 588 g/mol. The topological polar surface area (TPSA) is 8.17 Å². The second-order valence-electron chi connectivity index (χ2n) is 12.9. The molecule has 0 aliphatic heterocycles. The Hall–Kier alpha value is -5.60. The van der Waals surface area contributed by atoms with Crippen LogP contribution < -0.4 is 4.90 Å². The zero-order valence-corrected chi connectivity index (χ0v) is 25.7. The maximum absolute atomic E-state index is 2.53. The number of anilines is 1. The van der Waals surface area contributed by atoms with Gasteiger partial charge in [-0.05, 0) is 99.8 Å². The summed E-state index contributed by atoms with van der Waals surface area (Å²) < 4.78 is 2.47. The molecule has 10 rings (SSSR count). The first kappa shape index (κ1) is 25.7. The number of hydrogen-bond donors (Lipinski definition) is 0. The van der Waals surface area contributed by atoms with Gasteiger partial charge < -0.3 is 9.47 Å². The van der Waals surface area contributed by atoms with E-state index in [0.29, 0.717) is 0 Å². The summed E-state index contributed by atoms with van der Waals surface area (Å²) in [7, 11) is 2.22. The first-order chi connectivity index (χ1) is 22.7. The maximum atomic E-state index is 2.53. The fourth-order valence-corrected chi connectivity index (χ4v) is 8.82. The molecule has 2 heteroatoms. The van der Waals surface area contributed by atoms with E-state index in [0.717, 1.165) is 12.8 Å². The number of allylic oxidation sites excluding steroid dienone is 4. The molecule has 0 N–H and O–H groups in total. The molecule has 3 aliphatic rings. The highest BCUT2D eigenvalue weighted by atomic mass is 15.1. The highest BCUT2D eigenvalue weighted by molar-refractivity contribution is 6.09. The fraction of sp³-hybridized carbons (Fsp3) is 0.0909. The van der Waals surface area contributed by atoms with Crippen molar-refractivity contribution in [3.8, 4) is 16.8 Å². The number of rotatable bonds is 3. The summed E-state index contributed by atoms with van der Waals surface area (Å²) >= 11 is 0. The highest BCUT2D eigenvalue weighted by Gasteiger charge is 2.53. The molecular weight excluding hydrogens is 556 g/mol. The van der Waals surface area contributed by atoms with Gasteiger partial charge in [0, 0.05) is 34.9 Å². The van der Waals surface area contributed by atoms with E-state index in [4.69, 9.17) is 0 Å². The lowest BCUT2D eigenvalue weighted by Crippen LogP contribution is -2.28. The van der Waals surface area contributed by atoms with Crippen LogP contribution in [0.5, 0.6) is 0 Å². The van der Waals surface area contributed by atoms with Crippen LogP contribution >= 0.6 is 0 Å². The minimum atomic E-state index is -0.379. The Morgan fingerprint density at radius 3 is 1.80 bits per heavy atom. The molecule has 0 amide bonds. The molecular formula is C44H32N2. The molecule has 0 atom stereocenters. The van der Waals surface area contributed by atoms with Crippen LogP contribution in [0.1, 0.15) is 35.1 Å². The maximum Gasteiger partial charge on any atom is 0.0723 e. The van der Waals surface area contributed by atoms with E-state index < -0.39 is 0 Å².